The minimum absolute atomic E-state index is 0.00686. The molecule has 2 heterocycles. The molecule has 9 heteroatoms. The average Bonchev–Trinajstić information content (AvgIpc) is 3.63. The van der Waals surface area contributed by atoms with Crippen LogP contribution in [-0.2, 0) is 29.2 Å². The van der Waals surface area contributed by atoms with Crippen LogP contribution in [0.25, 0.3) is 22.2 Å². The Balaban J connectivity index is 0.942. The highest BCUT2D eigenvalue weighted by Crippen LogP contribution is 2.39. The van der Waals surface area contributed by atoms with E-state index in [0.29, 0.717) is 30.9 Å². The summed E-state index contributed by atoms with van der Waals surface area (Å²) in [6.07, 6.45) is 1.61. The van der Waals surface area contributed by atoms with Gasteiger partial charge in [-0.15, -0.1) is 0 Å². The standard InChI is InChI=1S/C45H40N4O5/c50-29-31-14-16-33(17-15-31)43-26-39(28-49-30-47-41-12-6-7-13-42(41)49)53-44(54-43)34-20-18-32(19-21-34)40-11-5-4-8-35(40)27-46-45(51)48-36-22-24-38(25-23-36)52-37-9-2-1-3-10-37/h1-25,30,39,43-44,50H,26-29H2,(H2,46,48,51)/t39-,43+,44+/m0/s1. The van der Waals surface area contributed by atoms with Gasteiger partial charge in [-0.05, 0) is 76.3 Å². The molecular formula is C45H40N4O5. The average molecular weight is 717 g/mol. The first kappa shape index (κ1) is 34.8. The van der Waals surface area contributed by atoms with Crippen molar-refractivity contribution in [3.8, 4) is 22.6 Å². The van der Waals surface area contributed by atoms with Crippen LogP contribution >= 0.6 is 0 Å². The van der Waals surface area contributed by atoms with E-state index in [1.165, 1.54) is 0 Å². The lowest BCUT2D eigenvalue weighted by Crippen LogP contribution is -2.32. The van der Waals surface area contributed by atoms with Crippen LogP contribution in [0.4, 0.5) is 10.5 Å². The van der Waals surface area contributed by atoms with Gasteiger partial charge in [0.15, 0.2) is 6.29 Å². The van der Waals surface area contributed by atoms with Gasteiger partial charge in [0.2, 0.25) is 0 Å². The number of para-hydroxylation sites is 3. The molecule has 1 aromatic heterocycles. The number of imidazole rings is 1. The smallest absolute Gasteiger partial charge is 0.319 e. The summed E-state index contributed by atoms with van der Waals surface area (Å²) in [5.74, 6) is 1.43. The highest BCUT2D eigenvalue weighted by Gasteiger charge is 2.32. The second-order valence-electron chi connectivity index (χ2n) is 13.3. The van der Waals surface area contributed by atoms with Gasteiger partial charge >= 0.3 is 6.03 Å². The first-order chi connectivity index (χ1) is 26.6. The van der Waals surface area contributed by atoms with Gasteiger partial charge in [0.25, 0.3) is 0 Å². The lowest BCUT2D eigenvalue weighted by molar-refractivity contribution is -0.252. The molecule has 6 aromatic carbocycles. The van der Waals surface area contributed by atoms with Crippen molar-refractivity contribution in [2.24, 2.45) is 0 Å². The maximum absolute atomic E-state index is 12.9. The molecule has 0 saturated carbocycles. The Hall–Kier alpha value is -6.26. The van der Waals surface area contributed by atoms with E-state index in [0.717, 1.165) is 50.2 Å². The zero-order chi connectivity index (χ0) is 36.7. The second kappa shape index (κ2) is 16.2. The van der Waals surface area contributed by atoms with E-state index in [4.69, 9.17) is 14.2 Å². The fraction of sp³-hybridized carbons (Fsp3) is 0.156. The maximum Gasteiger partial charge on any atom is 0.319 e. The molecule has 3 atom stereocenters. The molecule has 3 N–H and O–H groups in total. The molecule has 9 nitrogen and oxygen atoms in total. The van der Waals surface area contributed by atoms with E-state index in [9.17, 15) is 9.90 Å². The number of carbonyl (C=O) groups is 1. The van der Waals surface area contributed by atoms with Crippen LogP contribution in [-0.4, -0.2) is 26.8 Å². The number of carbonyl (C=O) groups excluding carboxylic acids is 1. The van der Waals surface area contributed by atoms with Crippen LogP contribution < -0.4 is 15.4 Å². The van der Waals surface area contributed by atoms with E-state index in [-0.39, 0.29) is 24.8 Å². The van der Waals surface area contributed by atoms with Crippen LogP contribution in [0.3, 0.4) is 0 Å². The first-order valence-electron chi connectivity index (χ1n) is 18.0. The SMILES string of the molecule is O=C(NCc1ccccc1-c1ccc([C@@H]2O[C@H](Cn3cnc4ccccc43)C[C@H](c3ccc(CO)cc3)O2)cc1)Nc1ccc(Oc2ccccc2)cc1. The van der Waals surface area contributed by atoms with Crippen molar-refractivity contribution in [1.82, 2.24) is 14.9 Å². The van der Waals surface area contributed by atoms with Crippen molar-refractivity contribution >= 4 is 22.8 Å². The number of anilines is 1. The molecule has 1 fully saturated rings. The van der Waals surface area contributed by atoms with Gasteiger partial charge < -0.3 is 34.5 Å². The van der Waals surface area contributed by atoms with E-state index < -0.39 is 6.29 Å². The van der Waals surface area contributed by atoms with E-state index in [2.05, 4.69) is 44.5 Å². The molecule has 2 amide bonds. The monoisotopic (exact) mass is 716 g/mol. The Kier molecular flexibility index (Phi) is 10.4. The maximum atomic E-state index is 12.9. The van der Waals surface area contributed by atoms with Gasteiger partial charge in [0.1, 0.15) is 11.5 Å². The minimum Gasteiger partial charge on any atom is -0.457 e. The third-order valence-corrected chi connectivity index (χ3v) is 9.58. The van der Waals surface area contributed by atoms with Gasteiger partial charge in [-0.2, -0.15) is 0 Å². The zero-order valence-electron chi connectivity index (χ0n) is 29.5. The molecular weight excluding hydrogens is 677 g/mol. The molecule has 0 aliphatic carbocycles. The van der Waals surface area contributed by atoms with Gasteiger partial charge in [-0.3, -0.25) is 0 Å². The fourth-order valence-electron chi connectivity index (χ4n) is 6.77. The predicted molar refractivity (Wildman–Crippen MR) is 209 cm³/mol. The molecule has 7 aromatic rings. The summed E-state index contributed by atoms with van der Waals surface area (Å²) < 4.78 is 21.2. The number of aliphatic hydroxyl groups is 1. The number of aromatic nitrogens is 2. The predicted octanol–water partition coefficient (Wildman–Crippen LogP) is 9.56. The number of hydrogen-bond donors (Lipinski definition) is 3. The highest BCUT2D eigenvalue weighted by atomic mass is 16.7. The fourth-order valence-corrected chi connectivity index (χ4v) is 6.77. The van der Waals surface area contributed by atoms with Crippen LogP contribution in [0.1, 0.15) is 41.1 Å². The van der Waals surface area contributed by atoms with Crippen molar-refractivity contribution in [3.05, 3.63) is 180 Å². The number of aliphatic hydroxyl groups excluding tert-OH is 1. The highest BCUT2D eigenvalue weighted by molar-refractivity contribution is 5.89. The molecule has 1 aliphatic heterocycles. The van der Waals surface area contributed by atoms with Gasteiger partial charge in [0, 0.05) is 24.2 Å². The number of rotatable bonds is 11. The van der Waals surface area contributed by atoms with Crippen molar-refractivity contribution in [3.63, 3.8) is 0 Å². The molecule has 1 saturated heterocycles. The molecule has 0 radical (unpaired) electrons. The molecule has 0 spiro atoms. The minimum atomic E-state index is -0.588. The van der Waals surface area contributed by atoms with Crippen molar-refractivity contribution in [2.45, 2.75) is 44.6 Å². The second-order valence-corrected chi connectivity index (χ2v) is 13.3. The number of nitrogens with zero attached hydrogens (tertiary/aromatic N) is 2. The quantitative estimate of drug-likeness (QED) is 0.123. The summed E-state index contributed by atoms with van der Waals surface area (Å²) in [6, 6.07) is 48.8. The first-order valence-corrected chi connectivity index (χ1v) is 18.0. The summed E-state index contributed by atoms with van der Waals surface area (Å²) in [7, 11) is 0. The number of benzene rings is 6. The molecule has 8 rings (SSSR count). The number of fused-ring (bicyclic) bond motifs is 1. The Morgan fingerprint density at radius 3 is 2.26 bits per heavy atom. The largest absolute Gasteiger partial charge is 0.457 e. The lowest BCUT2D eigenvalue weighted by Gasteiger charge is -2.36. The molecule has 1 aliphatic rings. The zero-order valence-corrected chi connectivity index (χ0v) is 29.5. The number of ether oxygens (including phenoxy) is 3. The van der Waals surface area contributed by atoms with E-state index in [1.54, 1.807) is 0 Å². The van der Waals surface area contributed by atoms with Crippen LogP contribution in [0.2, 0.25) is 0 Å². The Morgan fingerprint density at radius 1 is 0.759 bits per heavy atom. The lowest BCUT2D eigenvalue weighted by atomic mass is 9.97. The van der Waals surface area contributed by atoms with Crippen molar-refractivity contribution < 1.29 is 24.1 Å². The van der Waals surface area contributed by atoms with E-state index >= 15 is 0 Å². The van der Waals surface area contributed by atoms with E-state index in [1.807, 2.05) is 134 Å². The Bertz CT molecular complexity index is 2310. The molecule has 270 valence electrons. The molecule has 54 heavy (non-hydrogen) atoms. The third kappa shape index (κ3) is 8.19. The van der Waals surface area contributed by atoms with Crippen LogP contribution in [0.5, 0.6) is 11.5 Å². The third-order valence-electron chi connectivity index (χ3n) is 9.58. The number of hydrogen-bond acceptors (Lipinski definition) is 6. The number of urea groups is 1. The van der Waals surface area contributed by atoms with Crippen LogP contribution in [0.15, 0.2) is 158 Å². The van der Waals surface area contributed by atoms with Gasteiger partial charge in [-0.1, -0.05) is 103 Å². The number of amides is 2. The Labute approximate surface area is 313 Å². The van der Waals surface area contributed by atoms with Crippen molar-refractivity contribution in [2.75, 3.05) is 5.32 Å². The summed E-state index contributed by atoms with van der Waals surface area (Å²) >= 11 is 0. The number of nitrogens with one attached hydrogen (secondary N) is 2. The topological polar surface area (TPSA) is 107 Å². The summed E-state index contributed by atoms with van der Waals surface area (Å²) in [5, 5.41) is 15.5. The summed E-state index contributed by atoms with van der Waals surface area (Å²) in [5.41, 5.74) is 8.49. The van der Waals surface area contributed by atoms with Crippen LogP contribution in [0, 0.1) is 0 Å². The summed E-state index contributed by atoms with van der Waals surface area (Å²) in [4.78, 5) is 17.5. The van der Waals surface area contributed by atoms with Crippen molar-refractivity contribution in [1.29, 1.82) is 0 Å². The molecule has 0 bridgehead atoms. The molecule has 0 unspecified atom stereocenters. The normalized spacial score (nSPS) is 16.9. The van der Waals surface area contributed by atoms with Gasteiger partial charge in [0.05, 0.1) is 42.7 Å². The summed E-state index contributed by atoms with van der Waals surface area (Å²) in [6.45, 7) is 0.966. The Morgan fingerprint density at radius 2 is 1.46 bits per heavy atom. The van der Waals surface area contributed by atoms with Gasteiger partial charge in [-0.25, -0.2) is 9.78 Å².